The van der Waals surface area contributed by atoms with Gasteiger partial charge in [-0.25, -0.2) is 0 Å². The monoisotopic (exact) mass is 291 g/mol. The van der Waals surface area contributed by atoms with E-state index in [0.29, 0.717) is 0 Å². The van der Waals surface area contributed by atoms with Gasteiger partial charge >= 0.3 is 0 Å². The van der Waals surface area contributed by atoms with E-state index in [0.717, 1.165) is 23.5 Å². The summed E-state index contributed by atoms with van der Waals surface area (Å²) in [4.78, 5) is 2.57. The molecule has 0 amide bonds. The summed E-state index contributed by atoms with van der Waals surface area (Å²) in [7, 11) is 3.29. The number of rotatable bonds is 5. The highest BCUT2D eigenvalue weighted by Crippen LogP contribution is 2.31. The molecule has 0 aliphatic rings. The van der Waals surface area contributed by atoms with E-state index in [1.54, 1.807) is 25.6 Å². The minimum Gasteiger partial charge on any atom is -0.493 e. The van der Waals surface area contributed by atoms with Crippen molar-refractivity contribution in [3.63, 3.8) is 0 Å². The van der Waals surface area contributed by atoms with Crippen molar-refractivity contribution in [2.75, 3.05) is 14.2 Å². The Morgan fingerprint density at radius 2 is 1.80 bits per heavy atom. The highest BCUT2D eigenvalue weighted by molar-refractivity contribution is 7.12. The van der Waals surface area contributed by atoms with Gasteiger partial charge in [-0.15, -0.1) is 11.3 Å². The van der Waals surface area contributed by atoms with Crippen LogP contribution in [0.2, 0.25) is 0 Å². The smallest absolute Gasteiger partial charge is 0.160 e. The fourth-order valence-electron chi connectivity index (χ4n) is 2.15. The van der Waals surface area contributed by atoms with Gasteiger partial charge in [0.15, 0.2) is 11.5 Å². The van der Waals surface area contributed by atoms with E-state index in [1.807, 2.05) is 18.2 Å². The van der Waals surface area contributed by atoms with Crippen molar-refractivity contribution in [1.82, 2.24) is 0 Å². The number of nitrogens with two attached hydrogens (primary N) is 1. The fraction of sp³-hybridized carbons (Fsp3) is 0.375. The second kappa shape index (κ2) is 6.29. The van der Waals surface area contributed by atoms with Crippen LogP contribution in [-0.2, 0) is 6.42 Å². The third kappa shape index (κ3) is 3.14. The van der Waals surface area contributed by atoms with E-state index in [1.165, 1.54) is 15.3 Å². The van der Waals surface area contributed by atoms with Crippen molar-refractivity contribution in [3.8, 4) is 11.5 Å². The number of hydrogen-bond donors (Lipinski definition) is 1. The molecule has 0 saturated carbocycles. The Balaban J connectivity index is 2.17. The summed E-state index contributed by atoms with van der Waals surface area (Å²) in [6.07, 6.45) is 0.791. The molecule has 2 aromatic rings. The number of benzene rings is 1. The molecule has 1 aromatic heterocycles. The van der Waals surface area contributed by atoms with Crippen molar-refractivity contribution in [3.05, 3.63) is 45.1 Å². The fourth-order valence-corrected chi connectivity index (χ4v) is 3.19. The molecule has 1 aromatic carbocycles. The molecule has 0 radical (unpaired) electrons. The molecule has 20 heavy (non-hydrogen) atoms. The predicted molar refractivity (Wildman–Crippen MR) is 84.0 cm³/mol. The molecule has 108 valence electrons. The van der Waals surface area contributed by atoms with E-state index in [9.17, 15) is 0 Å². The van der Waals surface area contributed by atoms with E-state index < -0.39 is 0 Å². The van der Waals surface area contributed by atoms with Crippen molar-refractivity contribution < 1.29 is 9.47 Å². The topological polar surface area (TPSA) is 44.5 Å². The SMILES string of the molecule is COc1ccc(CC(N)c2cc(C)c(C)s2)cc1OC. The zero-order valence-electron chi connectivity index (χ0n) is 12.4. The number of aryl methyl sites for hydroxylation is 2. The lowest BCUT2D eigenvalue weighted by Gasteiger charge is -2.12. The maximum absolute atomic E-state index is 6.31. The third-order valence-corrected chi connectivity index (χ3v) is 4.74. The van der Waals surface area contributed by atoms with Gasteiger partial charge in [0, 0.05) is 15.8 Å². The van der Waals surface area contributed by atoms with E-state index in [4.69, 9.17) is 15.2 Å². The molecule has 0 aliphatic heterocycles. The summed E-state index contributed by atoms with van der Waals surface area (Å²) in [5.41, 5.74) is 8.77. The highest BCUT2D eigenvalue weighted by atomic mass is 32.1. The largest absolute Gasteiger partial charge is 0.493 e. The van der Waals surface area contributed by atoms with Gasteiger partial charge in [-0.2, -0.15) is 0 Å². The van der Waals surface area contributed by atoms with Gasteiger partial charge in [0.05, 0.1) is 14.2 Å². The van der Waals surface area contributed by atoms with Crippen molar-refractivity contribution in [2.45, 2.75) is 26.3 Å². The molecule has 4 heteroatoms. The average Bonchev–Trinajstić information content (AvgIpc) is 2.78. The molecule has 1 heterocycles. The Morgan fingerprint density at radius 3 is 2.35 bits per heavy atom. The summed E-state index contributed by atoms with van der Waals surface area (Å²) >= 11 is 1.78. The molecule has 0 aliphatic carbocycles. The minimum atomic E-state index is 0.0190. The van der Waals surface area contributed by atoms with Gasteiger partial charge in [0.1, 0.15) is 0 Å². The van der Waals surface area contributed by atoms with E-state index in [-0.39, 0.29) is 6.04 Å². The number of hydrogen-bond acceptors (Lipinski definition) is 4. The maximum Gasteiger partial charge on any atom is 0.160 e. The first-order valence-electron chi connectivity index (χ1n) is 6.58. The molecular weight excluding hydrogens is 270 g/mol. The lowest BCUT2D eigenvalue weighted by molar-refractivity contribution is 0.354. The molecule has 0 fully saturated rings. The third-order valence-electron chi connectivity index (χ3n) is 3.45. The van der Waals surface area contributed by atoms with Crippen LogP contribution in [0.5, 0.6) is 11.5 Å². The second-order valence-corrected chi connectivity index (χ2v) is 6.18. The summed E-state index contributed by atoms with van der Waals surface area (Å²) in [5.74, 6) is 1.49. The van der Waals surface area contributed by atoms with Gasteiger partial charge in [-0.1, -0.05) is 6.07 Å². The molecule has 0 saturated heterocycles. The van der Waals surface area contributed by atoms with Crippen LogP contribution in [0.15, 0.2) is 24.3 Å². The molecule has 3 nitrogen and oxygen atoms in total. The van der Waals surface area contributed by atoms with Crippen LogP contribution in [0.1, 0.15) is 26.9 Å². The highest BCUT2D eigenvalue weighted by Gasteiger charge is 2.13. The lowest BCUT2D eigenvalue weighted by Crippen LogP contribution is -2.11. The first-order valence-corrected chi connectivity index (χ1v) is 7.40. The Kier molecular flexibility index (Phi) is 4.68. The van der Waals surface area contributed by atoms with Crippen LogP contribution in [0.4, 0.5) is 0 Å². The molecule has 1 atom stereocenters. The van der Waals surface area contributed by atoms with Crippen LogP contribution in [0.25, 0.3) is 0 Å². The molecule has 0 spiro atoms. The Morgan fingerprint density at radius 1 is 1.10 bits per heavy atom. The van der Waals surface area contributed by atoms with Gasteiger partial charge in [0.25, 0.3) is 0 Å². The predicted octanol–water partition coefficient (Wildman–Crippen LogP) is 3.62. The lowest BCUT2D eigenvalue weighted by atomic mass is 10.0. The van der Waals surface area contributed by atoms with Gasteiger partial charge in [-0.3, -0.25) is 0 Å². The maximum atomic E-state index is 6.31. The second-order valence-electron chi connectivity index (χ2n) is 4.89. The summed E-state index contributed by atoms with van der Waals surface area (Å²) in [6.45, 7) is 4.26. The van der Waals surface area contributed by atoms with E-state index in [2.05, 4.69) is 19.9 Å². The van der Waals surface area contributed by atoms with E-state index >= 15 is 0 Å². The van der Waals surface area contributed by atoms with Crippen molar-refractivity contribution >= 4 is 11.3 Å². The quantitative estimate of drug-likeness (QED) is 0.915. The number of thiophene rings is 1. The van der Waals surface area contributed by atoms with Gasteiger partial charge in [0.2, 0.25) is 0 Å². The van der Waals surface area contributed by atoms with Crippen LogP contribution in [-0.4, -0.2) is 14.2 Å². The Hall–Kier alpha value is -1.52. The molecule has 0 bridgehead atoms. The zero-order chi connectivity index (χ0) is 14.7. The molecule has 2 N–H and O–H groups in total. The number of ether oxygens (including phenoxy) is 2. The molecule has 2 rings (SSSR count). The summed E-state index contributed by atoms with van der Waals surface area (Å²) < 4.78 is 10.6. The summed E-state index contributed by atoms with van der Waals surface area (Å²) in [6, 6.07) is 8.16. The molecular formula is C16H21NO2S. The van der Waals surface area contributed by atoms with Crippen LogP contribution >= 0.6 is 11.3 Å². The van der Waals surface area contributed by atoms with Crippen molar-refractivity contribution in [2.24, 2.45) is 5.73 Å². The standard InChI is InChI=1S/C16H21NO2S/c1-10-7-16(20-11(10)2)13(17)8-12-5-6-14(18-3)15(9-12)19-4/h5-7,9,13H,8,17H2,1-4H3. The first-order chi connectivity index (χ1) is 9.55. The minimum absolute atomic E-state index is 0.0190. The Labute approximate surface area is 124 Å². The average molecular weight is 291 g/mol. The normalized spacial score (nSPS) is 12.2. The van der Waals surface area contributed by atoms with Crippen LogP contribution in [0.3, 0.4) is 0 Å². The van der Waals surface area contributed by atoms with Gasteiger partial charge < -0.3 is 15.2 Å². The number of methoxy groups -OCH3 is 2. The van der Waals surface area contributed by atoms with Crippen LogP contribution < -0.4 is 15.2 Å². The van der Waals surface area contributed by atoms with Crippen molar-refractivity contribution in [1.29, 1.82) is 0 Å². The Bertz CT molecular complexity index is 573. The summed E-state index contributed by atoms with van der Waals surface area (Å²) in [5, 5.41) is 0. The zero-order valence-corrected chi connectivity index (χ0v) is 13.2. The van der Waals surface area contributed by atoms with Crippen LogP contribution in [0, 0.1) is 13.8 Å². The first kappa shape index (κ1) is 14.9. The van der Waals surface area contributed by atoms with Gasteiger partial charge in [-0.05, 0) is 49.6 Å². The molecule has 1 unspecified atom stereocenters.